The highest BCUT2D eigenvalue weighted by Gasteiger charge is 2.28. The predicted octanol–water partition coefficient (Wildman–Crippen LogP) is 2.70. The zero-order valence-corrected chi connectivity index (χ0v) is 13.9. The first-order chi connectivity index (χ1) is 10.0. The van der Waals surface area contributed by atoms with Crippen molar-refractivity contribution in [2.75, 3.05) is 26.7 Å². The number of likely N-dealkylation sites (N-methyl/N-ethyl adjacent to an activating group) is 1. The summed E-state index contributed by atoms with van der Waals surface area (Å²) in [7, 11) is 2.19. The third kappa shape index (κ3) is 4.06. The lowest BCUT2D eigenvalue weighted by molar-refractivity contribution is 0.0376. The molecule has 2 rings (SSSR count). The molecule has 0 spiro atoms. The van der Waals surface area contributed by atoms with Gasteiger partial charge in [-0.1, -0.05) is 31.2 Å². The van der Waals surface area contributed by atoms with Crippen molar-refractivity contribution in [3.63, 3.8) is 0 Å². The predicted molar refractivity (Wildman–Crippen MR) is 88.5 cm³/mol. The maximum atomic E-state index is 10.7. The molecule has 3 nitrogen and oxygen atoms in total. The number of hydrogen-bond donors (Lipinski definition) is 1. The molecule has 0 aromatic heterocycles. The fourth-order valence-corrected chi connectivity index (χ4v) is 3.41. The van der Waals surface area contributed by atoms with Gasteiger partial charge in [0.25, 0.3) is 0 Å². The molecular formula is C18H30N2O. The van der Waals surface area contributed by atoms with Gasteiger partial charge in [0.1, 0.15) is 0 Å². The van der Waals surface area contributed by atoms with Crippen LogP contribution in [0.3, 0.4) is 0 Å². The van der Waals surface area contributed by atoms with Crippen molar-refractivity contribution in [3.05, 3.63) is 35.4 Å². The quantitative estimate of drug-likeness (QED) is 0.923. The molecule has 1 aromatic rings. The molecule has 21 heavy (non-hydrogen) atoms. The van der Waals surface area contributed by atoms with Gasteiger partial charge in [0.15, 0.2) is 0 Å². The van der Waals surface area contributed by atoms with E-state index in [0.29, 0.717) is 6.04 Å². The van der Waals surface area contributed by atoms with E-state index in [1.807, 2.05) is 0 Å². The van der Waals surface area contributed by atoms with Gasteiger partial charge in [-0.25, -0.2) is 0 Å². The Hall–Kier alpha value is -0.900. The van der Waals surface area contributed by atoms with Gasteiger partial charge in [0, 0.05) is 25.2 Å². The lowest BCUT2D eigenvalue weighted by atomic mass is 9.99. The van der Waals surface area contributed by atoms with Crippen LogP contribution in [0.25, 0.3) is 0 Å². The van der Waals surface area contributed by atoms with E-state index in [1.54, 1.807) is 0 Å². The molecule has 3 unspecified atom stereocenters. The molecule has 1 heterocycles. The van der Waals surface area contributed by atoms with Gasteiger partial charge >= 0.3 is 0 Å². The Balaban J connectivity index is 2.07. The number of aliphatic hydroxyl groups excluding tert-OH is 1. The van der Waals surface area contributed by atoms with Crippen LogP contribution in [0.1, 0.15) is 44.4 Å². The molecule has 0 amide bonds. The minimum atomic E-state index is -0.415. The van der Waals surface area contributed by atoms with E-state index in [-0.39, 0.29) is 6.04 Å². The molecule has 1 fully saturated rings. The van der Waals surface area contributed by atoms with E-state index < -0.39 is 6.10 Å². The normalized spacial score (nSPS) is 24.5. The first-order valence-corrected chi connectivity index (χ1v) is 8.24. The van der Waals surface area contributed by atoms with Crippen LogP contribution in [-0.4, -0.2) is 53.7 Å². The zero-order valence-electron chi connectivity index (χ0n) is 13.9. The molecule has 0 radical (unpaired) electrons. The van der Waals surface area contributed by atoms with E-state index in [0.717, 1.165) is 31.6 Å². The summed E-state index contributed by atoms with van der Waals surface area (Å²) < 4.78 is 0. The van der Waals surface area contributed by atoms with Gasteiger partial charge in [-0.2, -0.15) is 0 Å². The number of aryl methyl sites for hydroxylation is 1. The van der Waals surface area contributed by atoms with Crippen molar-refractivity contribution in [2.24, 2.45) is 0 Å². The summed E-state index contributed by atoms with van der Waals surface area (Å²) >= 11 is 0. The van der Waals surface area contributed by atoms with Crippen molar-refractivity contribution in [1.29, 1.82) is 0 Å². The van der Waals surface area contributed by atoms with Crippen LogP contribution >= 0.6 is 0 Å². The Labute approximate surface area is 129 Å². The second-order valence-corrected chi connectivity index (χ2v) is 6.48. The Kier molecular flexibility index (Phi) is 5.80. The Morgan fingerprint density at radius 3 is 2.52 bits per heavy atom. The minimum Gasteiger partial charge on any atom is -0.387 e. The van der Waals surface area contributed by atoms with E-state index >= 15 is 0 Å². The van der Waals surface area contributed by atoms with E-state index in [2.05, 4.69) is 61.9 Å². The van der Waals surface area contributed by atoms with E-state index in [9.17, 15) is 5.11 Å². The number of hydrogen-bond acceptors (Lipinski definition) is 3. The van der Waals surface area contributed by atoms with E-state index in [4.69, 9.17) is 0 Å². The van der Waals surface area contributed by atoms with Crippen LogP contribution in [0.5, 0.6) is 0 Å². The summed E-state index contributed by atoms with van der Waals surface area (Å²) in [5.74, 6) is 0. The van der Waals surface area contributed by atoms with Crippen molar-refractivity contribution >= 4 is 0 Å². The van der Waals surface area contributed by atoms with Gasteiger partial charge in [-0.15, -0.1) is 0 Å². The third-order valence-electron chi connectivity index (χ3n) is 4.81. The Bertz CT molecular complexity index is 431. The minimum absolute atomic E-state index is 0.152. The molecule has 1 N–H and O–H groups in total. The standard InChI is InChI=1S/C18H30N2O/c1-5-16-7-9-17(10-8-16)18(21)15(3)20-12-6-11-19(4)13-14(20)2/h7-10,14-15,18,21H,5-6,11-13H2,1-4H3. The molecule has 0 bridgehead atoms. The van der Waals surface area contributed by atoms with Crippen molar-refractivity contribution in [3.8, 4) is 0 Å². The molecule has 1 aliphatic rings. The Morgan fingerprint density at radius 1 is 1.24 bits per heavy atom. The number of nitrogens with zero attached hydrogens (tertiary/aromatic N) is 2. The monoisotopic (exact) mass is 290 g/mol. The highest BCUT2D eigenvalue weighted by atomic mass is 16.3. The van der Waals surface area contributed by atoms with Gasteiger partial charge in [0.05, 0.1) is 6.10 Å². The lowest BCUT2D eigenvalue weighted by Crippen LogP contribution is -2.45. The maximum absolute atomic E-state index is 10.7. The lowest BCUT2D eigenvalue weighted by Gasteiger charge is -2.36. The van der Waals surface area contributed by atoms with Crippen LogP contribution < -0.4 is 0 Å². The molecule has 0 aliphatic carbocycles. The molecule has 1 aliphatic heterocycles. The SMILES string of the molecule is CCc1ccc(C(O)C(C)N2CCCN(C)CC2C)cc1. The molecule has 1 saturated heterocycles. The first kappa shape index (κ1) is 16.5. The topological polar surface area (TPSA) is 26.7 Å². The van der Waals surface area contributed by atoms with Crippen LogP contribution in [-0.2, 0) is 6.42 Å². The molecular weight excluding hydrogens is 260 g/mol. The Morgan fingerprint density at radius 2 is 1.90 bits per heavy atom. The molecule has 3 heteroatoms. The van der Waals surface area contributed by atoms with E-state index in [1.165, 1.54) is 12.0 Å². The smallest absolute Gasteiger partial charge is 0.0942 e. The second-order valence-electron chi connectivity index (χ2n) is 6.48. The average Bonchev–Trinajstić information content (AvgIpc) is 2.66. The molecule has 1 aromatic carbocycles. The summed E-state index contributed by atoms with van der Waals surface area (Å²) in [5, 5.41) is 10.7. The largest absolute Gasteiger partial charge is 0.387 e. The molecule has 3 atom stereocenters. The number of aliphatic hydroxyl groups is 1. The average molecular weight is 290 g/mol. The van der Waals surface area contributed by atoms with Crippen molar-refractivity contribution < 1.29 is 5.11 Å². The summed E-state index contributed by atoms with van der Waals surface area (Å²) in [4.78, 5) is 4.85. The summed E-state index contributed by atoms with van der Waals surface area (Å²) in [6.07, 6.45) is 1.80. The van der Waals surface area contributed by atoms with Gasteiger partial charge in [-0.05, 0) is 51.4 Å². The highest BCUT2D eigenvalue weighted by Crippen LogP contribution is 2.24. The highest BCUT2D eigenvalue weighted by molar-refractivity contribution is 5.25. The van der Waals surface area contributed by atoms with Crippen molar-refractivity contribution in [2.45, 2.75) is 51.8 Å². The summed E-state index contributed by atoms with van der Waals surface area (Å²) in [6, 6.07) is 9.05. The van der Waals surface area contributed by atoms with Gasteiger partial charge in [-0.3, -0.25) is 4.90 Å². The summed E-state index contributed by atoms with van der Waals surface area (Å²) in [5.41, 5.74) is 2.35. The molecule has 0 saturated carbocycles. The van der Waals surface area contributed by atoms with Crippen LogP contribution in [0.2, 0.25) is 0 Å². The van der Waals surface area contributed by atoms with Crippen molar-refractivity contribution in [1.82, 2.24) is 9.80 Å². The van der Waals surface area contributed by atoms with Crippen LogP contribution in [0, 0.1) is 0 Å². The zero-order chi connectivity index (χ0) is 15.4. The third-order valence-corrected chi connectivity index (χ3v) is 4.81. The fourth-order valence-electron chi connectivity index (χ4n) is 3.41. The first-order valence-electron chi connectivity index (χ1n) is 8.24. The van der Waals surface area contributed by atoms with Crippen LogP contribution in [0.15, 0.2) is 24.3 Å². The second kappa shape index (κ2) is 7.39. The number of rotatable bonds is 4. The molecule has 118 valence electrons. The maximum Gasteiger partial charge on any atom is 0.0942 e. The fraction of sp³-hybridized carbons (Fsp3) is 0.667. The number of benzene rings is 1. The van der Waals surface area contributed by atoms with Crippen LogP contribution in [0.4, 0.5) is 0 Å². The van der Waals surface area contributed by atoms with Gasteiger partial charge < -0.3 is 10.0 Å². The summed E-state index contributed by atoms with van der Waals surface area (Å²) in [6.45, 7) is 9.87. The van der Waals surface area contributed by atoms with Gasteiger partial charge in [0.2, 0.25) is 0 Å².